The quantitative estimate of drug-likeness (QED) is 0.879. The summed E-state index contributed by atoms with van der Waals surface area (Å²) in [6.45, 7) is 2.58. The van der Waals surface area contributed by atoms with E-state index in [-0.39, 0.29) is 18.6 Å². The topological polar surface area (TPSA) is 56.2 Å². The smallest absolute Gasteiger partial charge is 0.241 e. The van der Waals surface area contributed by atoms with Crippen LogP contribution in [0.1, 0.15) is 6.92 Å². The maximum atomic E-state index is 11.7. The van der Waals surface area contributed by atoms with Crippen molar-refractivity contribution in [3.63, 3.8) is 0 Å². The molecule has 2 aromatic rings. The molecule has 0 unspecified atom stereocenters. The normalized spacial score (nSPS) is 11.9. The van der Waals surface area contributed by atoms with E-state index in [4.69, 9.17) is 4.74 Å². The molecule has 1 amide bonds. The lowest BCUT2D eigenvalue weighted by Crippen LogP contribution is -2.35. The molecule has 6 heteroatoms. The van der Waals surface area contributed by atoms with E-state index in [1.54, 1.807) is 23.1 Å². The average Bonchev–Trinajstić information content (AvgIpc) is 2.89. The highest BCUT2D eigenvalue weighted by Gasteiger charge is 2.08. The maximum Gasteiger partial charge on any atom is 0.241 e. The highest BCUT2D eigenvalue weighted by atomic mass is 79.9. The van der Waals surface area contributed by atoms with Crippen LogP contribution in [0, 0.1) is 0 Å². The van der Waals surface area contributed by atoms with Gasteiger partial charge in [-0.25, -0.2) is 0 Å². The Balaban J connectivity index is 1.74. The van der Waals surface area contributed by atoms with Gasteiger partial charge in [-0.2, -0.15) is 5.10 Å². The summed E-state index contributed by atoms with van der Waals surface area (Å²) in [6, 6.07) is 9.40. The zero-order chi connectivity index (χ0) is 14.4. The summed E-state index contributed by atoms with van der Waals surface area (Å²) in [6.07, 6.45) is 3.29. The van der Waals surface area contributed by atoms with Crippen LogP contribution in [0.4, 0.5) is 0 Å². The molecule has 1 aromatic carbocycles. The van der Waals surface area contributed by atoms with Gasteiger partial charge in [0.25, 0.3) is 0 Å². The second-order valence-corrected chi connectivity index (χ2v) is 5.31. The van der Waals surface area contributed by atoms with E-state index in [1.807, 2.05) is 31.2 Å². The van der Waals surface area contributed by atoms with E-state index in [2.05, 4.69) is 26.3 Å². The van der Waals surface area contributed by atoms with Crippen molar-refractivity contribution in [2.45, 2.75) is 19.6 Å². The molecule has 1 aromatic heterocycles. The van der Waals surface area contributed by atoms with E-state index in [9.17, 15) is 4.79 Å². The Labute approximate surface area is 126 Å². The molecule has 20 heavy (non-hydrogen) atoms. The number of hydrogen-bond donors (Lipinski definition) is 1. The summed E-state index contributed by atoms with van der Waals surface area (Å²) in [7, 11) is 0. The fourth-order valence-electron chi connectivity index (χ4n) is 1.67. The number of rotatable bonds is 6. The standard InChI is InChI=1S/C14H16BrN3O2/c1-11(20-13-5-2-4-12(15)8-13)9-16-14(19)10-18-7-3-6-17-18/h2-8,11H,9-10H2,1H3,(H,16,19)/t11-/m1/s1. The monoisotopic (exact) mass is 337 g/mol. The molecule has 0 radical (unpaired) electrons. The average molecular weight is 338 g/mol. The number of amides is 1. The fourth-order valence-corrected chi connectivity index (χ4v) is 2.05. The molecule has 0 bridgehead atoms. The van der Waals surface area contributed by atoms with Crippen LogP contribution in [0.25, 0.3) is 0 Å². The minimum atomic E-state index is -0.106. The highest BCUT2D eigenvalue weighted by molar-refractivity contribution is 9.10. The van der Waals surface area contributed by atoms with E-state index < -0.39 is 0 Å². The van der Waals surface area contributed by atoms with Gasteiger partial charge in [-0.05, 0) is 31.2 Å². The molecule has 5 nitrogen and oxygen atoms in total. The molecule has 0 aliphatic heterocycles. The lowest BCUT2D eigenvalue weighted by atomic mass is 10.3. The first-order valence-electron chi connectivity index (χ1n) is 6.30. The largest absolute Gasteiger partial charge is 0.489 e. The number of hydrogen-bond acceptors (Lipinski definition) is 3. The Kier molecular flexibility index (Phi) is 5.17. The van der Waals surface area contributed by atoms with Crippen molar-refractivity contribution >= 4 is 21.8 Å². The highest BCUT2D eigenvalue weighted by Crippen LogP contribution is 2.18. The van der Waals surface area contributed by atoms with Crippen molar-refractivity contribution in [3.8, 4) is 5.75 Å². The van der Waals surface area contributed by atoms with Crippen LogP contribution < -0.4 is 10.1 Å². The summed E-state index contributed by atoms with van der Waals surface area (Å²) in [4.78, 5) is 11.7. The molecule has 0 saturated carbocycles. The third kappa shape index (κ3) is 4.70. The first-order valence-corrected chi connectivity index (χ1v) is 7.09. The molecule has 0 saturated heterocycles. The van der Waals surface area contributed by atoms with Gasteiger partial charge in [-0.15, -0.1) is 0 Å². The SMILES string of the molecule is C[C@H](CNC(=O)Cn1cccn1)Oc1cccc(Br)c1. The van der Waals surface area contributed by atoms with Gasteiger partial charge in [-0.3, -0.25) is 9.48 Å². The van der Waals surface area contributed by atoms with Gasteiger partial charge >= 0.3 is 0 Å². The van der Waals surface area contributed by atoms with E-state index in [1.165, 1.54) is 0 Å². The molecule has 106 valence electrons. The fraction of sp³-hybridized carbons (Fsp3) is 0.286. The second kappa shape index (κ2) is 7.09. The Bertz CT molecular complexity index is 557. The Morgan fingerprint density at radius 1 is 1.50 bits per heavy atom. The van der Waals surface area contributed by atoms with Crippen LogP contribution in [0.5, 0.6) is 5.75 Å². The summed E-state index contributed by atoms with van der Waals surface area (Å²) in [5.74, 6) is 0.687. The lowest BCUT2D eigenvalue weighted by molar-refractivity contribution is -0.122. The van der Waals surface area contributed by atoms with Gasteiger partial charge in [-0.1, -0.05) is 22.0 Å². The van der Waals surface area contributed by atoms with Gasteiger partial charge in [0.15, 0.2) is 0 Å². The zero-order valence-corrected chi connectivity index (χ0v) is 12.7. The zero-order valence-electron chi connectivity index (χ0n) is 11.1. The summed E-state index contributed by atoms with van der Waals surface area (Å²) in [5.41, 5.74) is 0. The molecule has 0 aliphatic rings. The van der Waals surface area contributed by atoms with Crippen LogP contribution >= 0.6 is 15.9 Å². The van der Waals surface area contributed by atoms with Crippen LogP contribution in [0.2, 0.25) is 0 Å². The van der Waals surface area contributed by atoms with Gasteiger partial charge in [0, 0.05) is 16.9 Å². The molecule has 1 atom stereocenters. The molecule has 0 aliphatic carbocycles. The van der Waals surface area contributed by atoms with Crippen LogP contribution in [-0.4, -0.2) is 28.3 Å². The minimum absolute atomic E-state index is 0.0848. The van der Waals surface area contributed by atoms with Crippen LogP contribution in [-0.2, 0) is 11.3 Å². The molecule has 1 heterocycles. The molecule has 2 rings (SSSR count). The first-order chi connectivity index (χ1) is 9.63. The summed E-state index contributed by atoms with van der Waals surface area (Å²) < 4.78 is 8.26. The Morgan fingerprint density at radius 2 is 2.35 bits per heavy atom. The number of halogens is 1. The number of nitrogens with zero attached hydrogens (tertiary/aromatic N) is 2. The van der Waals surface area contributed by atoms with Crippen molar-refractivity contribution in [1.29, 1.82) is 0 Å². The van der Waals surface area contributed by atoms with Crippen molar-refractivity contribution in [3.05, 3.63) is 47.2 Å². The molecule has 0 fully saturated rings. The summed E-state index contributed by atoms with van der Waals surface area (Å²) >= 11 is 3.39. The molecule has 0 spiro atoms. The second-order valence-electron chi connectivity index (χ2n) is 4.39. The van der Waals surface area contributed by atoms with E-state index in [0.29, 0.717) is 6.54 Å². The first kappa shape index (κ1) is 14.6. The molecular weight excluding hydrogens is 322 g/mol. The third-order valence-corrected chi connectivity index (χ3v) is 3.08. The van der Waals surface area contributed by atoms with E-state index >= 15 is 0 Å². The number of carbonyl (C=O) groups is 1. The molecule has 1 N–H and O–H groups in total. The van der Waals surface area contributed by atoms with Crippen molar-refractivity contribution in [2.24, 2.45) is 0 Å². The minimum Gasteiger partial charge on any atom is -0.489 e. The van der Waals surface area contributed by atoms with Gasteiger partial charge < -0.3 is 10.1 Å². The number of aromatic nitrogens is 2. The maximum absolute atomic E-state index is 11.7. The predicted molar refractivity (Wildman–Crippen MR) is 79.5 cm³/mol. The Hall–Kier alpha value is -1.82. The number of carbonyl (C=O) groups excluding carboxylic acids is 1. The van der Waals surface area contributed by atoms with E-state index in [0.717, 1.165) is 10.2 Å². The van der Waals surface area contributed by atoms with Crippen LogP contribution in [0.3, 0.4) is 0 Å². The predicted octanol–water partition coefficient (Wildman–Crippen LogP) is 2.23. The summed E-state index contributed by atoms with van der Waals surface area (Å²) in [5, 5.41) is 6.80. The number of benzene rings is 1. The Morgan fingerprint density at radius 3 is 3.05 bits per heavy atom. The van der Waals surface area contributed by atoms with Gasteiger partial charge in [0.2, 0.25) is 5.91 Å². The van der Waals surface area contributed by atoms with Crippen molar-refractivity contribution in [2.75, 3.05) is 6.54 Å². The van der Waals surface area contributed by atoms with Gasteiger partial charge in [0.05, 0.1) is 6.54 Å². The van der Waals surface area contributed by atoms with Crippen molar-refractivity contribution in [1.82, 2.24) is 15.1 Å². The van der Waals surface area contributed by atoms with Gasteiger partial charge in [0.1, 0.15) is 18.4 Å². The lowest BCUT2D eigenvalue weighted by Gasteiger charge is -2.15. The molecular formula is C14H16BrN3O2. The number of ether oxygens (including phenoxy) is 1. The number of nitrogens with one attached hydrogen (secondary N) is 1. The van der Waals surface area contributed by atoms with Crippen LogP contribution in [0.15, 0.2) is 47.2 Å². The third-order valence-electron chi connectivity index (χ3n) is 2.58. The van der Waals surface area contributed by atoms with Crippen molar-refractivity contribution < 1.29 is 9.53 Å².